The van der Waals surface area contributed by atoms with Gasteiger partial charge in [0.2, 0.25) is 0 Å². The minimum absolute atomic E-state index is 0.0642. The fourth-order valence-electron chi connectivity index (χ4n) is 2.18. The second-order valence-corrected chi connectivity index (χ2v) is 4.89. The van der Waals surface area contributed by atoms with Crippen molar-refractivity contribution in [2.45, 2.75) is 13.8 Å². The molecule has 0 saturated heterocycles. The smallest absolute Gasteiger partial charge is 0.349 e. The number of hydrogen-bond donors (Lipinski definition) is 0. The predicted octanol–water partition coefficient (Wildman–Crippen LogP) is 3.13. The Hall–Kier alpha value is -3.13. The van der Waals surface area contributed by atoms with E-state index in [1.807, 2.05) is 50.2 Å². The normalized spacial score (nSPS) is 10.9. The van der Waals surface area contributed by atoms with Crippen molar-refractivity contribution >= 4 is 12.0 Å². The van der Waals surface area contributed by atoms with Gasteiger partial charge in [-0.1, -0.05) is 30.9 Å². The van der Waals surface area contributed by atoms with Gasteiger partial charge in [-0.2, -0.15) is 10.4 Å². The average molecular weight is 307 g/mol. The largest absolute Gasteiger partial charge is 0.457 e. The van der Waals surface area contributed by atoms with E-state index in [4.69, 9.17) is 4.74 Å². The van der Waals surface area contributed by atoms with Crippen LogP contribution in [0.1, 0.15) is 17.0 Å². The molecule has 0 atom stereocenters. The Labute approximate surface area is 135 Å². The Balaban J connectivity index is 2.42. The summed E-state index contributed by atoms with van der Waals surface area (Å²) < 4.78 is 6.70. The summed E-state index contributed by atoms with van der Waals surface area (Å²) in [5.74, 6) is -0.668. The fourth-order valence-corrected chi connectivity index (χ4v) is 2.18. The molecule has 5 heteroatoms. The third-order valence-electron chi connectivity index (χ3n) is 3.31. The molecule has 0 aliphatic carbocycles. The van der Waals surface area contributed by atoms with Crippen molar-refractivity contribution in [1.29, 1.82) is 5.26 Å². The number of aromatic nitrogens is 2. The lowest BCUT2D eigenvalue weighted by atomic mass is 10.1. The lowest BCUT2D eigenvalue weighted by Gasteiger charge is -2.04. The van der Waals surface area contributed by atoms with Gasteiger partial charge in [0.25, 0.3) is 0 Å². The number of hydrogen-bond acceptors (Lipinski definition) is 4. The topological polar surface area (TPSA) is 67.9 Å². The Kier molecular flexibility index (Phi) is 5.11. The first-order valence-electron chi connectivity index (χ1n) is 7.10. The second-order valence-electron chi connectivity index (χ2n) is 4.89. The molecule has 2 rings (SSSR count). The van der Waals surface area contributed by atoms with Gasteiger partial charge in [-0.25, -0.2) is 9.48 Å². The van der Waals surface area contributed by atoms with Crippen LogP contribution < -0.4 is 0 Å². The van der Waals surface area contributed by atoms with Crippen LogP contribution in [0.2, 0.25) is 0 Å². The van der Waals surface area contributed by atoms with Crippen molar-refractivity contribution in [3.8, 4) is 11.8 Å². The lowest BCUT2D eigenvalue weighted by Crippen LogP contribution is -2.06. The van der Waals surface area contributed by atoms with Crippen molar-refractivity contribution < 1.29 is 9.53 Å². The molecular weight excluding hydrogens is 290 g/mol. The van der Waals surface area contributed by atoms with Crippen molar-refractivity contribution in [2.24, 2.45) is 0 Å². The third-order valence-corrected chi connectivity index (χ3v) is 3.31. The van der Waals surface area contributed by atoms with E-state index in [9.17, 15) is 10.1 Å². The molecule has 5 nitrogen and oxygen atoms in total. The van der Waals surface area contributed by atoms with Crippen LogP contribution in [-0.2, 0) is 9.53 Å². The van der Waals surface area contributed by atoms with E-state index in [0.717, 1.165) is 22.6 Å². The van der Waals surface area contributed by atoms with E-state index in [1.54, 1.807) is 4.68 Å². The van der Waals surface area contributed by atoms with Crippen LogP contribution in [0, 0.1) is 25.2 Å². The van der Waals surface area contributed by atoms with Gasteiger partial charge in [0.1, 0.15) is 18.2 Å². The molecule has 2 aromatic rings. The highest BCUT2D eigenvalue weighted by molar-refractivity contribution is 5.98. The van der Waals surface area contributed by atoms with Crippen molar-refractivity contribution in [3.63, 3.8) is 0 Å². The summed E-state index contributed by atoms with van der Waals surface area (Å²) in [7, 11) is 0. The van der Waals surface area contributed by atoms with E-state index < -0.39 is 5.97 Å². The van der Waals surface area contributed by atoms with Crippen molar-refractivity contribution in [3.05, 3.63) is 65.5 Å². The van der Waals surface area contributed by atoms with Gasteiger partial charge < -0.3 is 4.74 Å². The minimum Gasteiger partial charge on any atom is -0.457 e. The van der Waals surface area contributed by atoms with E-state index in [-0.39, 0.29) is 12.2 Å². The molecule has 0 bridgehead atoms. The highest BCUT2D eigenvalue weighted by Gasteiger charge is 2.15. The molecule has 1 aromatic carbocycles. The van der Waals surface area contributed by atoms with Gasteiger partial charge >= 0.3 is 5.97 Å². The van der Waals surface area contributed by atoms with Gasteiger partial charge in [-0.3, -0.25) is 0 Å². The predicted molar refractivity (Wildman–Crippen MR) is 87.8 cm³/mol. The number of carbonyl (C=O) groups is 1. The lowest BCUT2D eigenvalue weighted by molar-refractivity contribution is -0.137. The van der Waals surface area contributed by atoms with Gasteiger partial charge in [-0.05, 0) is 32.1 Å². The monoisotopic (exact) mass is 307 g/mol. The van der Waals surface area contributed by atoms with E-state index in [0.29, 0.717) is 0 Å². The van der Waals surface area contributed by atoms with Gasteiger partial charge in [0, 0.05) is 11.3 Å². The first-order chi connectivity index (χ1) is 11.1. The van der Waals surface area contributed by atoms with Crippen LogP contribution in [0.15, 0.2) is 48.6 Å². The first kappa shape index (κ1) is 16.2. The number of rotatable bonds is 5. The zero-order chi connectivity index (χ0) is 16.8. The molecule has 0 saturated carbocycles. The van der Waals surface area contributed by atoms with Gasteiger partial charge in [0.05, 0.1) is 11.4 Å². The summed E-state index contributed by atoms with van der Waals surface area (Å²) in [5, 5.41) is 13.7. The number of carbonyl (C=O) groups excluding carboxylic acids is 1. The number of benzene rings is 1. The molecule has 0 N–H and O–H groups in total. The van der Waals surface area contributed by atoms with Crippen molar-refractivity contribution in [2.75, 3.05) is 6.61 Å². The molecule has 116 valence electrons. The summed E-state index contributed by atoms with van der Waals surface area (Å²) in [6.45, 7) is 7.27. The second kappa shape index (κ2) is 7.23. The minimum atomic E-state index is -0.668. The van der Waals surface area contributed by atoms with Crippen LogP contribution in [0.4, 0.5) is 0 Å². The fraction of sp³-hybridized carbons (Fsp3) is 0.167. The molecule has 0 aliphatic rings. The average Bonchev–Trinajstić information content (AvgIpc) is 2.85. The molecule has 0 fully saturated rings. The maximum absolute atomic E-state index is 11.8. The third kappa shape index (κ3) is 3.55. The molecule has 0 radical (unpaired) electrons. The molecule has 0 aliphatic heterocycles. The SMILES string of the molecule is C=CCOC(=O)/C(C#N)=C/c1c(C)nn(-c2ccccc2)c1C. The van der Waals surface area contributed by atoms with E-state index >= 15 is 0 Å². The number of aryl methyl sites for hydroxylation is 1. The summed E-state index contributed by atoms with van der Waals surface area (Å²) in [5.41, 5.74) is 3.17. The molecular formula is C18H17N3O2. The van der Waals surface area contributed by atoms with Crippen LogP contribution in [0.25, 0.3) is 11.8 Å². The Morgan fingerprint density at radius 2 is 2.09 bits per heavy atom. The van der Waals surface area contributed by atoms with Crippen molar-refractivity contribution in [1.82, 2.24) is 9.78 Å². The summed E-state index contributed by atoms with van der Waals surface area (Å²) in [6.07, 6.45) is 2.97. The summed E-state index contributed by atoms with van der Waals surface area (Å²) >= 11 is 0. The van der Waals surface area contributed by atoms with Crippen LogP contribution in [0.3, 0.4) is 0 Å². The number of nitriles is 1. The van der Waals surface area contributed by atoms with Crippen LogP contribution in [0.5, 0.6) is 0 Å². The molecule has 0 unspecified atom stereocenters. The molecule has 1 heterocycles. The van der Waals surface area contributed by atoms with Gasteiger partial charge in [0.15, 0.2) is 0 Å². The Morgan fingerprint density at radius 3 is 2.70 bits per heavy atom. The zero-order valence-electron chi connectivity index (χ0n) is 13.1. The maximum atomic E-state index is 11.8. The number of esters is 1. The van der Waals surface area contributed by atoms with Crippen LogP contribution in [-0.4, -0.2) is 22.4 Å². The summed E-state index contributed by atoms with van der Waals surface area (Å²) in [4.78, 5) is 11.8. The number of ether oxygens (including phenoxy) is 1. The highest BCUT2D eigenvalue weighted by Crippen LogP contribution is 2.20. The molecule has 0 amide bonds. The number of nitrogens with zero attached hydrogens (tertiary/aromatic N) is 3. The standard InChI is InChI=1S/C18H17N3O2/c1-4-10-23-18(22)15(12-19)11-17-13(2)20-21(14(17)3)16-8-6-5-7-9-16/h4-9,11H,1,10H2,2-3H3/b15-11+. The first-order valence-corrected chi connectivity index (χ1v) is 7.10. The maximum Gasteiger partial charge on any atom is 0.349 e. The van der Waals surface area contributed by atoms with E-state index in [1.165, 1.54) is 12.2 Å². The zero-order valence-corrected chi connectivity index (χ0v) is 13.1. The molecule has 0 spiro atoms. The highest BCUT2D eigenvalue weighted by atomic mass is 16.5. The quantitative estimate of drug-likeness (QED) is 0.368. The van der Waals surface area contributed by atoms with Crippen LogP contribution >= 0.6 is 0 Å². The van der Waals surface area contributed by atoms with E-state index in [2.05, 4.69) is 11.7 Å². The molecule has 23 heavy (non-hydrogen) atoms. The molecule has 1 aromatic heterocycles. The number of para-hydroxylation sites is 1. The Morgan fingerprint density at radius 1 is 1.39 bits per heavy atom. The summed E-state index contributed by atoms with van der Waals surface area (Å²) in [6, 6.07) is 11.5. The Bertz CT molecular complexity index is 796. The van der Waals surface area contributed by atoms with Gasteiger partial charge in [-0.15, -0.1) is 0 Å².